The molecule has 6 heteroatoms. The normalized spacial score (nSPS) is 10.8. The minimum Gasteiger partial charge on any atom is -0.444 e. The maximum atomic E-state index is 11.5. The standard InChI is InChI=1S/C12H16N2O4/c1-12(2,3)18-11(15)13-10-6-4-5-9(7-10)8-14(16)17/h4-7H,8H2,1-3H3,(H,13,15). The summed E-state index contributed by atoms with van der Waals surface area (Å²) in [6.45, 7) is 5.01. The molecule has 1 aromatic carbocycles. The molecule has 1 aromatic rings. The van der Waals surface area contributed by atoms with Crippen LogP contribution in [-0.4, -0.2) is 16.6 Å². The Morgan fingerprint density at radius 1 is 1.44 bits per heavy atom. The Morgan fingerprint density at radius 3 is 2.67 bits per heavy atom. The lowest BCUT2D eigenvalue weighted by Crippen LogP contribution is -2.27. The van der Waals surface area contributed by atoms with E-state index in [1.807, 2.05) is 0 Å². The van der Waals surface area contributed by atoms with E-state index in [0.29, 0.717) is 11.3 Å². The van der Waals surface area contributed by atoms with Crippen molar-refractivity contribution in [1.29, 1.82) is 0 Å². The topological polar surface area (TPSA) is 81.5 Å². The van der Waals surface area contributed by atoms with E-state index in [9.17, 15) is 14.9 Å². The summed E-state index contributed by atoms with van der Waals surface area (Å²) in [5.41, 5.74) is 0.417. The first-order valence-corrected chi connectivity index (χ1v) is 5.47. The second-order valence-electron chi connectivity index (χ2n) is 4.82. The van der Waals surface area contributed by atoms with Crippen molar-refractivity contribution < 1.29 is 14.5 Å². The number of amides is 1. The third kappa shape index (κ3) is 5.29. The Morgan fingerprint density at radius 2 is 2.11 bits per heavy atom. The third-order valence-electron chi connectivity index (χ3n) is 1.88. The quantitative estimate of drug-likeness (QED) is 0.662. The number of nitrogens with zero attached hydrogens (tertiary/aromatic N) is 1. The summed E-state index contributed by atoms with van der Waals surface area (Å²) < 4.78 is 5.08. The van der Waals surface area contributed by atoms with Crippen molar-refractivity contribution >= 4 is 11.8 Å². The first kappa shape index (κ1) is 14.0. The van der Waals surface area contributed by atoms with Gasteiger partial charge in [0, 0.05) is 16.2 Å². The lowest BCUT2D eigenvalue weighted by Gasteiger charge is -2.19. The predicted octanol–water partition coefficient (Wildman–Crippen LogP) is 2.81. The van der Waals surface area contributed by atoms with Gasteiger partial charge in [0.2, 0.25) is 6.54 Å². The molecule has 0 atom stereocenters. The number of carbonyl (C=O) groups is 1. The van der Waals surface area contributed by atoms with Crippen LogP contribution in [0.15, 0.2) is 24.3 Å². The van der Waals surface area contributed by atoms with Crippen LogP contribution >= 0.6 is 0 Å². The maximum absolute atomic E-state index is 11.5. The van der Waals surface area contributed by atoms with E-state index in [2.05, 4.69) is 5.32 Å². The van der Waals surface area contributed by atoms with Gasteiger partial charge in [-0.25, -0.2) is 4.79 Å². The molecular weight excluding hydrogens is 236 g/mol. The lowest BCUT2D eigenvalue weighted by molar-refractivity contribution is -0.496. The molecule has 0 bridgehead atoms. The van der Waals surface area contributed by atoms with Crippen LogP contribution < -0.4 is 5.32 Å². The summed E-state index contributed by atoms with van der Waals surface area (Å²) >= 11 is 0. The molecule has 0 heterocycles. The molecule has 0 aliphatic rings. The zero-order valence-corrected chi connectivity index (χ0v) is 10.6. The molecule has 0 unspecified atom stereocenters. The molecule has 1 amide bonds. The van der Waals surface area contributed by atoms with Gasteiger partial charge in [0.25, 0.3) is 0 Å². The van der Waals surface area contributed by atoms with E-state index >= 15 is 0 Å². The Bertz CT molecular complexity index is 452. The highest BCUT2D eigenvalue weighted by atomic mass is 16.6. The SMILES string of the molecule is CC(C)(C)OC(=O)Nc1cccc(C[N+](=O)[O-])c1. The fourth-order valence-electron chi connectivity index (χ4n) is 1.32. The summed E-state index contributed by atoms with van der Waals surface area (Å²) in [6, 6.07) is 6.47. The number of nitro groups is 1. The molecule has 0 fully saturated rings. The van der Waals surface area contributed by atoms with Crippen molar-refractivity contribution in [3.63, 3.8) is 0 Å². The predicted molar refractivity (Wildman–Crippen MR) is 67.0 cm³/mol. The molecule has 1 rings (SSSR count). The largest absolute Gasteiger partial charge is 0.444 e. The van der Waals surface area contributed by atoms with Crippen LogP contribution in [0, 0.1) is 10.1 Å². The van der Waals surface area contributed by atoms with E-state index in [4.69, 9.17) is 4.74 Å². The molecule has 0 saturated heterocycles. The van der Waals surface area contributed by atoms with Gasteiger partial charge in [-0.15, -0.1) is 0 Å². The first-order valence-electron chi connectivity index (χ1n) is 5.47. The maximum Gasteiger partial charge on any atom is 0.412 e. The van der Waals surface area contributed by atoms with E-state index < -0.39 is 16.6 Å². The van der Waals surface area contributed by atoms with Gasteiger partial charge in [-0.05, 0) is 32.9 Å². The third-order valence-corrected chi connectivity index (χ3v) is 1.88. The average Bonchev–Trinajstić information content (AvgIpc) is 2.13. The molecular formula is C12H16N2O4. The molecule has 0 radical (unpaired) electrons. The van der Waals surface area contributed by atoms with Gasteiger partial charge in [-0.2, -0.15) is 0 Å². The molecule has 0 aromatic heterocycles. The van der Waals surface area contributed by atoms with Crippen LogP contribution in [0.25, 0.3) is 0 Å². The van der Waals surface area contributed by atoms with Gasteiger partial charge >= 0.3 is 6.09 Å². The van der Waals surface area contributed by atoms with Crippen LogP contribution in [0.5, 0.6) is 0 Å². The van der Waals surface area contributed by atoms with Gasteiger partial charge in [-0.3, -0.25) is 15.4 Å². The molecule has 0 aliphatic heterocycles. The average molecular weight is 252 g/mol. The van der Waals surface area contributed by atoms with Gasteiger partial charge in [0.1, 0.15) is 5.60 Å². The number of anilines is 1. The van der Waals surface area contributed by atoms with Crippen LogP contribution in [0.4, 0.5) is 10.5 Å². The molecule has 0 aliphatic carbocycles. The summed E-state index contributed by atoms with van der Waals surface area (Å²) in [5.74, 6) is 0. The van der Waals surface area contributed by atoms with Crippen molar-refractivity contribution in [2.45, 2.75) is 32.9 Å². The fourth-order valence-corrected chi connectivity index (χ4v) is 1.32. The molecule has 0 saturated carbocycles. The second kappa shape index (κ2) is 5.48. The van der Waals surface area contributed by atoms with Crippen LogP contribution in [0.1, 0.15) is 26.3 Å². The van der Waals surface area contributed by atoms with Crippen LogP contribution in [0.3, 0.4) is 0 Å². The Kier molecular flexibility index (Phi) is 4.25. The number of hydrogen-bond acceptors (Lipinski definition) is 4. The zero-order valence-electron chi connectivity index (χ0n) is 10.6. The van der Waals surface area contributed by atoms with Gasteiger partial charge in [0.15, 0.2) is 0 Å². The van der Waals surface area contributed by atoms with E-state index in [1.54, 1.807) is 45.0 Å². The minimum atomic E-state index is -0.583. The number of nitrogens with one attached hydrogen (secondary N) is 1. The number of rotatable bonds is 3. The second-order valence-corrected chi connectivity index (χ2v) is 4.82. The highest BCUT2D eigenvalue weighted by Gasteiger charge is 2.16. The van der Waals surface area contributed by atoms with Crippen molar-refractivity contribution in [2.24, 2.45) is 0 Å². The Labute approximate surface area is 105 Å². The number of hydrogen-bond donors (Lipinski definition) is 1. The van der Waals surface area contributed by atoms with Crippen molar-refractivity contribution in [1.82, 2.24) is 0 Å². The minimum absolute atomic E-state index is 0.274. The number of carbonyl (C=O) groups excluding carboxylic acids is 1. The lowest BCUT2D eigenvalue weighted by atomic mass is 10.2. The van der Waals surface area contributed by atoms with Crippen molar-refractivity contribution in [2.75, 3.05) is 5.32 Å². The highest BCUT2D eigenvalue weighted by molar-refractivity contribution is 5.84. The Balaban J connectivity index is 2.67. The van der Waals surface area contributed by atoms with Gasteiger partial charge in [-0.1, -0.05) is 12.1 Å². The van der Waals surface area contributed by atoms with E-state index in [0.717, 1.165) is 0 Å². The van der Waals surface area contributed by atoms with E-state index in [1.165, 1.54) is 0 Å². The molecule has 6 nitrogen and oxygen atoms in total. The number of ether oxygens (including phenoxy) is 1. The zero-order chi connectivity index (χ0) is 13.8. The summed E-state index contributed by atoms with van der Waals surface area (Å²) in [4.78, 5) is 21.5. The molecule has 18 heavy (non-hydrogen) atoms. The number of benzene rings is 1. The first-order chi connectivity index (χ1) is 8.26. The van der Waals surface area contributed by atoms with Crippen molar-refractivity contribution in [3.05, 3.63) is 39.9 Å². The van der Waals surface area contributed by atoms with Crippen molar-refractivity contribution in [3.8, 4) is 0 Å². The molecule has 1 N–H and O–H groups in total. The highest BCUT2D eigenvalue weighted by Crippen LogP contribution is 2.14. The molecule has 0 spiro atoms. The monoisotopic (exact) mass is 252 g/mol. The van der Waals surface area contributed by atoms with Crippen LogP contribution in [-0.2, 0) is 11.3 Å². The van der Waals surface area contributed by atoms with Gasteiger partial charge < -0.3 is 4.74 Å². The summed E-state index contributed by atoms with van der Waals surface area (Å²) in [7, 11) is 0. The van der Waals surface area contributed by atoms with Crippen LogP contribution in [0.2, 0.25) is 0 Å². The smallest absolute Gasteiger partial charge is 0.412 e. The van der Waals surface area contributed by atoms with Gasteiger partial charge in [0.05, 0.1) is 0 Å². The molecule has 98 valence electrons. The Hall–Kier alpha value is -2.11. The fraction of sp³-hybridized carbons (Fsp3) is 0.417. The summed E-state index contributed by atoms with van der Waals surface area (Å²) in [6.07, 6.45) is -0.583. The van der Waals surface area contributed by atoms with E-state index in [-0.39, 0.29) is 6.54 Å². The summed E-state index contributed by atoms with van der Waals surface area (Å²) in [5, 5.41) is 12.9.